The summed E-state index contributed by atoms with van der Waals surface area (Å²) >= 11 is 0. The lowest BCUT2D eigenvalue weighted by atomic mass is 9.73. The van der Waals surface area contributed by atoms with Gasteiger partial charge in [-0.25, -0.2) is 4.39 Å². The van der Waals surface area contributed by atoms with Gasteiger partial charge in [0.25, 0.3) is 0 Å². The van der Waals surface area contributed by atoms with E-state index in [9.17, 15) is 14.0 Å². The predicted molar refractivity (Wildman–Crippen MR) is 117 cm³/mol. The predicted octanol–water partition coefficient (Wildman–Crippen LogP) is 4.59. The van der Waals surface area contributed by atoms with Crippen molar-refractivity contribution in [1.82, 2.24) is 4.90 Å². The molecule has 4 nitrogen and oxygen atoms in total. The number of likely N-dealkylation sites (tertiary alicyclic amines) is 1. The number of nitrogens with zero attached hydrogens (tertiary/aromatic N) is 1. The highest BCUT2D eigenvalue weighted by Gasteiger charge is 2.44. The quantitative estimate of drug-likeness (QED) is 0.460. The number of esters is 1. The van der Waals surface area contributed by atoms with Crippen LogP contribution in [-0.4, -0.2) is 36.3 Å². The molecule has 1 aliphatic carbocycles. The average Bonchev–Trinajstić information content (AvgIpc) is 3.16. The SMILES string of the molecule is C[C@H](C1CCC1)[C@H](C(=O)OCc1ccccc1)N1C[C@H](c2cccc(F)c2)[C@@H](C=O)C1. The van der Waals surface area contributed by atoms with Crippen LogP contribution in [0.5, 0.6) is 0 Å². The van der Waals surface area contributed by atoms with Gasteiger partial charge in [-0.1, -0.05) is 68.7 Å². The molecule has 5 heteroatoms. The Morgan fingerprint density at radius 1 is 1.16 bits per heavy atom. The minimum Gasteiger partial charge on any atom is -0.460 e. The molecule has 0 amide bonds. The molecule has 0 aromatic heterocycles. The molecule has 1 heterocycles. The first-order valence-corrected chi connectivity index (χ1v) is 11.2. The summed E-state index contributed by atoms with van der Waals surface area (Å²) in [5, 5.41) is 0. The van der Waals surface area contributed by atoms with Crippen molar-refractivity contribution in [1.29, 1.82) is 0 Å². The second-order valence-corrected chi connectivity index (χ2v) is 9.00. The van der Waals surface area contributed by atoms with Crippen LogP contribution in [0, 0.1) is 23.6 Å². The molecule has 164 valence electrons. The number of halogens is 1. The molecule has 2 aliphatic rings. The van der Waals surface area contributed by atoms with Gasteiger partial charge in [0, 0.05) is 24.9 Å². The Bertz CT molecular complexity index is 899. The van der Waals surface area contributed by atoms with Gasteiger partial charge in [-0.2, -0.15) is 0 Å². The van der Waals surface area contributed by atoms with Crippen molar-refractivity contribution in [2.75, 3.05) is 13.1 Å². The van der Waals surface area contributed by atoms with Crippen LogP contribution < -0.4 is 0 Å². The van der Waals surface area contributed by atoms with E-state index in [-0.39, 0.29) is 36.1 Å². The molecule has 1 saturated heterocycles. The molecule has 4 rings (SSSR count). The van der Waals surface area contributed by atoms with Crippen LogP contribution in [0.4, 0.5) is 4.39 Å². The third kappa shape index (κ3) is 4.87. The molecule has 0 spiro atoms. The fraction of sp³-hybridized carbons (Fsp3) is 0.462. The molecule has 4 atom stereocenters. The largest absolute Gasteiger partial charge is 0.460 e. The Morgan fingerprint density at radius 3 is 2.58 bits per heavy atom. The second-order valence-electron chi connectivity index (χ2n) is 9.00. The second kappa shape index (κ2) is 9.73. The summed E-state index contributed by atoms with van der Waals surface area (Å²) in [6.45, 7) is 3.41. The summed E-state index contributed by atoms with van der Waals surface area (Å²) < 4.78 is 19.6. The molecule has 2 aromatic rings. The van der Waals surface area contributed by atoms with Crippen LogP contribution in [0.15, 0.2) is 54.6 Å². The number of ether oxygens (including phenoxy) is 1. The van der Waals surface area contributed by atoms with Crippen LogP contribution in [0.2, 0.25) is 0 Å². The third-order valence-corrected chi connectivity index (χ3v) is 7.10. The van der Waals surface area contributed by atoms with Crippen LogP contribution in [0.1, 0.15) is 43.2 Å². The highest BCUT2D eigenvalue weighted by atomic mass is 19.1. The van der Waals surface area contributed by atoms with Crippen molar-refractivity contribution in [3.63, 3.8) is 0 Å². The van der Waals surface area contributed by atoms with Crippen molar-refractivity contribution < 1.29 is 18.7 Å². The summed E-state index contributed by atoms with van der Waals surface area (Å²) in [5.41, 5.74) is 1.77. The Hall–Kier alpha value is -2.53. The van der Waals surface area contributed by atoms with Gasteiger partial charge in [0.2, 0.25) is 0 Å². The zero-order valence-electron chi connectivity index (χ0n) is 18.0. The lowest BCUT2D eigenvalue weighted by molar-refractivity contribution is -0.154. The van der Waals surface area contributed by atoms with Gasteiger partial charge in [-0.15, -0.1) is 0 Å². The van der Waals surface area contributed by atoms with Gasteiger partial charge >= 0.3 is 5.97 Å². The van der Waals surface area contributed by atoms with Crippen molar-refractivity contribution in [2.24, 2.45) is 17.8 Å². The maximum Gasteiger partial charge on any atom is 0.323 e. The van der Waals surface area contributed by atoms with Crippen molar-refractivity contribution in [3.8, 4) is 0 Å². The van der Waals surface area contributed by atoms with Gasteiger partial charge in [0.1, 0.15) is 24.8 Å². The van der Waals surface area contributed by atoms with E-state index in [2.05, 4.69) is 11.8 Å². The molecular weight excluding hydrogens is 393 g/mol. The smallest absolute Gasteiger partial charge is 0.323 e. The van der Waals surface area contributed by atoms with Crippen molar-refractivity contribution in [3.05, 3.63) is 71.5 Å². The summed E-state index contributed by atoms with van der Waals surface area (Å²) in [4.78, 5) is 27.2. The highest BCUT2D eigenvalue weighted by molar-refractivity contribution is 5.76. The third-order valence-electron chi connectivity index (χ3n) is 7.10. The lowest BCUT2D eigenvalue weighted by Gasteiger charge is -2.39. The van der Waals surface area contributed by atoms with Crippen molar-refractivity contribution >= 4 is 12.3 Å². The first-order valence-electron chi connectivity index (χ1n) is 11.2. The molecule has 0 bridgehead atoms. The molecule has 2 fully saturated rings. The zero-order chi connectivity index (χ0) is 21.8. The topological polar surface area (TPSA) is 46.6 Å². The first kappa shape index (κ1) is 21.7. The molecule has 1 aliphatic heterocycles. The molecule has 31 heavy (non-hydrogen) atoms. The van der Waals surface area contributed by atoms with Crippen LogP contribution in [-0.2, 0) is 20.9 Å². The Balaban J connectivity index is 1.53. The standard InChI is InChI=1S/C26H30FNO3/c1-18(20-9-5-10-20)25(26(30)31-17-19-7-3-2-4-8-19)28-14-22(16-29)24(15-28)21-11-6-12-23(27)13-21/h2-4,6-8,11-13,16,18,20,22,24-25H,5,9-10,14-15,17H2,1H3/t18-,22-,24-,25-/m1/s1. The number of hydrogen-bond acceptors (Lipinski definition) is 4. The van der Waals surface area contributed by atoms with Gasteiger partial charge < -0.3 is 9.53 Å². The summed E-state index contributed by atoms with van der Waals surface area (Å²) in [5.74, 6) is -0.270. The molecule has 1 saturated carbocycles. The average molecular weight is 424 g/mol. The Labute approximate surface area is 183 Å². The van der Waals surface area contributed by atoms with E-state index in [0.29, 0.717) is 19.0 Å². The normalized spacial score (nSPS) is 23.7. The monoisotopic (exact) mass is 423 g/mol. The number of aldehydes is 1. The number of rotatable bonds is 8. The van der Waals surface area contributed by atoms with Crippen LogP contribution in [0.3, 0.4) is 0 Å². The molecule has 0 N–H and O–H groups in total. The van der Waals surface area contributed by atoms with E-state index in [1.807, 2.05) is 36.4 Å². The fourth-order valence-corrected chi connectivity index (χ4v) is 5.05. The van der Waals surface area contributed by atoms with E-state index in [0.717, 1.165) is 30.3 Å². The number of hydrogen-bond donors (Lipinski definition) is 0. The maximum absolute atomic E-state index is 13.8. The molecule has 2 aromatic carbocycles. The van der Waals surface area contributed by atoms with E-state index in [4.69, 9.17) is 4.74 Å². The Kier molecular flexibility index (Phi) is 6.81. The minimum absolute atomic E-state index is 0.119. The van der Waals surface area contributed by atoms with E-state index in [1.54, 1.807) is 6.07 Å². The van der Waals surface area contributed by atoms with Gasteiger partial charge in [0.05, 0.1) is 0 Å². The first-order chi connectivity index (χ1) is 15.1. The van der Waals surface area contributed by atoms with Gasteiger partial charge in [-0.3, -0.25) is 9.69 Å². The Morgan fingerprint density at radius 2 is 1.94 bits per heavy atom. The van der Waals surface area contributed by atoms with Crippen LogP contribution in [0.25, 0.3) is 0 Å². The number of carbonyl (C=O) groups excluding carboxylic acids is 2. The summed E-state index contributed by atoms with van der Waals surface area (Å²) in [6.07, 6.45) is 4.41. The van der Waals surface area contributed by atoms with E-state index >= 15 is 0 Å². The summed E-state index contributed by atoms with van der Waals surface area (Å²) in [6, 6.07) is 15.7. The zero-order valence-corrected chi connectivity index (χ0v) is 18.0. The maximum atomic E-state index is 13.8. The number of benzene rings is 2. The lowest BCUT2D eigenvalue weighted by Crippen LogP contribution is -2.48. The van der Waals surface area contributed by atoms with Gasteiger partial charge in [0.15, 0.2) is 0 Å². The fourth-order valence-electron chi connectivity index (χ4n) is 5.05. The molecule has 0 radical (unpaired) electrons. The van der Waals surface area contributed by atoms with Crippen LogP contribution >= 0.6 is 0 Å². The molecular formula is C26H30FNO3. The highest BCUT2D eigenvalue weighted by Crippen LogP contribution is 2.40. The number of carbonyl (C=O) groups is 2. The summed E-state index contributed by atoms with van der Waals surface area (Å²) in [7, 11) is 0. The minimum atomic E-state index is -0.393. The van der Waals surface area contributed by atoms with E-state index < -0.39 is 6.04 Å². The molecule has 0 unspecified atom stereocenters. The van der Waals surface area contributed by atoms with E-state index in [1.165, 1.54) is 18.6 Å². The van der Waals surface area contributed by atoms with Crippen molar-refractivity contribution in [2.45, 2.75) is 44.8 Å². The van der Waals surface area contributed by atoms with Gasteiger partial charge in [-0.05, 0) is 35.1 Å².